The molecule has 3 aliphatic heterocycles. The van der Waals surface area contributed by atoms with Crippen LogP contribution in [-0.2, 0) is 4.74 Å². The molecule has 11 nitrogen and oxygen atoms in total. The fourth-order valence-corrected chi connectivity index (χ4v) is 9.08. The molecule has 3 aromatic heterocycles. The number of ether oxygens (including phenoxy) is 3. The minimum absolute atomic E-state index is 0.184. The Kier molecular flexibility index (Phi) is 11.9. The number of aromatic amines is 2. The molecular weight excluding hydrogens is 917 g/mol. The van der Waals surface area contributed by atoms with E-state index < -0.39 is 72.1 Å². The number of fused-ring (bicyclic) bond motifs is 8. The first-order valence-corrected chi connectivity index (χ1v) is 22.5. The van der Waals surface area contributed by atoms with Crippen LogP contribution in [0.1, 0.15) is 22.8 Å². The number of halogens is 4. The van der Waals surface area contributed by atoms with E-state index in [9.17, 15) is 20.4 Å². The van der Waals surface area contributed by atoms with Crippen molar-refractivity contribution in [1.82, 2.24) is 19.9 Å². The highest BCUT2D eigenvalue weighted by Gasteiger charge is 2.44. The van der Waals surface area contributed by atoms with E-state index in [1.54, 1.807) is 12.1 Å². The lowest BCUT2D eigenvalue weighted by Crippen LogP contribution is -2.58. The third-order valence-electron chi connectivity index (χ3n) is 12.6. The summed E-state index contributed by atoms with van der Waals surface area (Å²) < 4.78 is 77.2. The van der Waals surface area contributed by atoms with E-state index in [1.807, 2.05) is 115 Å². The zero-order valence-corrected chi connectivity index (χ0v) is 37.1. The van der Waals surface area contributed by atoms with E-state index in [0.29, 0.717) is 33.9 Å². The second kappa shape index (κ2) is 18.6. The van der Waals surface area contributed by atoms with Gasteiger partial charge in [-0.15, -0.1) is 0 Å². The van der Waals surface area contributed by atoms with Gasteiger partial charge in [0.2, 0.25) is 29.0 Å². The molecule has 1 unspecified atom stereocenters. The summed E-state index contributed by atoms with van der Waals surface area (Å²) in [5.41, 5.74) is 12.5. The van der Waals surface area contributed by atoms with E-state index in [0.717, 1.165) is 55.4 Å². The van der Waals surface area contributed by atoms with Crippen LogP contribution in [0.4, 0.5) is 17.6 Å². The van der Waals surface area contributed by atoms with Crippen molar-refractivity contribution in [2.24, 2.45) is 0 Å². The van der Waals surface area contributed by atoms with E-state index >= 15 is 17.6 Å². The first-order chi connectivity index (χ1) is 34.5. The summed E-state index contributed by atoms with van der Waals surface area (Å²) in [4.78, 5) is 18.0. The summed E-state index contributed by atoms with van der Waals surface area (Å²) in [7, 11) is 0. The van der Waals surface area contributed by atoms with Crippen molar-refractivity contribution >= 4 is 46.4 Å². The summed E-state index contributed by atoms with van der Waals surface area (Å²) in [6, 6.07) is 44.2. The van der Waals surface area contributed by atoms with Crippen molar-refractivity contribution in [3.63, 3.8) is 0 Å². The zero-order valence-electron chi connectivity index (χ0n) is 37.1. The molecule has 1 fully saturated rings. The molecule has 5 atom stereocenters. The van der Waals surface area contributed by atoms with Crippen molar-refractivity contribution in [2.75, 3.05) is 6.61 Å². The van der Waals surface area contributed by atoms with Crippen LogP contribution in [-0.4, -0.2) is 77.7 Å². The lowest BCUT2D eigenvalue weighted by molar-refractivity contribution is -0.285. The van der Waals surface area contributed by atoms with E-state index in [-0.39, 0.29) is 5.75 Å². The van der Waals surface area contributed by atoms with Gasteiger partial charge in [0.05, 0.1) is 22.8 Å². The van der Waals surface area contributed by atoms with Gasteiger partial charge in [-0.2, -0.15) is 17.6 Å². The molecule has 6 N–H and O–H groups in total. The van der Waals surface area contributed by atoms with Crippen LogP contribution in [0, 0.1) is 23.3 Å². The molecule has 6 heterocycles. The van der Waals surface area contributed by atoms with Crippen molar-refractivity contribution in [1.29, 1.82) is 0 Å². The average molecular weight is 957 g/mol. The maximum absolute atomic E-state index is 15.6. The van der Waals surface area contributed by atoms with Crippen LogP contribution < -0.4 is 9.47 Å². The van der Waals surface area contributed by atoms with Crippen LogP contribution in [0.25, 0.3) is 90.9 Å². The van der Waals surface area contributed by atoms with Crippen molar-refractivity contribution in [3.05, 3.63) is 186 Å². The Labute approximate surface area is 401 Å². The van der Waals surface area contributed by atoms with Crippen molar-refractivity contribution in [2.45, 2.75) is 30.7 Å². The molecule has 3 aliphatic rings. The SMILES string of the molecule is OC1O[C@H](COc2c(F)c(F)c(Oc3ccc(-c4c5nc(c(-c6ccccc6)c6ccc([nH]6)c(-c6ccccc6)c6ccc([nH]6)c(-c6ccccc6)c6nc4C=C6)C=C5)cc3)c(F)c2F)[C@H](O)[C@H](O)[C@H]1O. The quantitative estimate of drug-likeness (QED) is 0.0610. The van der Waals surface area contributed by atoms with Crippen LogP contribution in [0.5, 0.6) is 17.2 Å². The third kappa shape index (κ3) is 8.34. The minimum Gasteiger partial charge on any atom is -0.485 e. The van der Waals surface area contributed by atoms with Crippen LogP contribution in [0.2, 0.25) is 0 Å². The Hall–Kier alpha value is -8.18. The number of nitrogens with one attached hydrogen (secondary N) is 2. The molecule has 11 rings (SSSR count). The van der Waals surface area contributed by atoms with Gasteiger partial charge in [0.15, 0.2) is 12.0 Å². The molecule has 0 radical (unpaired) electrons. The second-order valence-corrected chi connectivity index (χ2v) is 17.0. The van der Waals surface area contributed by atoms with Crippen molar-refractivity contribution in [3.8, 4) is 61.8 Å². The molecular formula is C56H40F4N4O7. The molecule has 1 saturated heterocycles. The Bertz CT molecular complexity index is 3400. The van der Waals surface area contributed by atoms with Gasteiger partial charge in [-0.05, 0) is 83.0 Å². The lowest BCUT2D eigenvalue weighted by atomic mass is 9.99. The van der Waals surface area contributed by atoms with Crippen LogP contribution in [0.3, 0.4) is 0 Å². The number of H-pyrrole nitrogens is 2. The van der Waals surface area contributed by atoms with Gasteiger partial charge in [0.1, 0.15) is 36.8 Å². The van der Waals surface area contributed by atoms with Gasteiger partial charge in [0.25, 0.3) is 0 Å². The summed E-state index contributed by atoms with van der Waals surface area (Å²) in [6.45, 7) is -0.972. The molecule has 0 aliphatic carbocycles. The molecule has 354 valence electrons. The molecule has 0 spiro atoms. The van der Waals surface area contributed by atoms with Gasteiger partial charge in [0, 0.05) is 44.3 Å². The number of aliphatic hydroxyl groups excluding tert-OH is 4. The number of nitrogens with zero attached hydrogens (tertiary/aromatic N) is 2. The zero-order chi connectivity index (χ0) is 48.9. The Morgan fingerprint density at radius 1 is 0.437 bits per heavy atom. The predicted octanol–water partition coefficient (Wildman–Crippen LogP) is 10.9. The van der Waals surface area contributed by atoms with Gasteiger partial charge in [-0.3, -0.25) is 0 Å². The monoisotopic (exact) mass is 956 g/mol. The number of rotatable bonds is 9. The van der Waals surface area contributed by atoms with Gasteiger partial charge in [-0.25, -0.2) is 9.97 Å². The highest BCUT2D eigenvalue weighted by molar-refractivity contribution is 6.00. The summed E-state index contributed by atoms with van der Waals surface area (Å²) in [6.07, 6.45) is -1.66. The highest BCUT2D eigenvalue weighted by atomic mass is 19.2. The summed E-state index contributed by atoms with van der Waals surface area (Å²) in [5, 5.41) is 39.7. The molecule has 8 aromatic rings. The number of aromatic nitrogens is 4. The predicted molar refractivity (Wildman–Crippen MR) is 261 cm³/mol. The van der Waals surface area contributed by atoms with Crippen molar-refractivity contribution < 1.29 is 52.2 Å². The van der Waals surface area contributed by atoms with Gasteiger partial charge >= 0.3 is 0 Å². The number of hydrogen-bond donors (Lipinski definition) is 6. The van der Waals surface area contributed by atoms with Gasteiger partial charge in [-0.1, -0.05) is 103 Å². The van der Waals surface area contributed by atoms with Crippen LogP contribution in [0.15, 0.2) is 140 Å². The minimum atomic E-state index is -1.99. The highest BCUT2D eigenvalue weighted by Crippen LogP contribution is 2.41. The summed E-state index contributed by atoms with van der Waals surface area (Å²) >= 11 is 0. The molecule has 5 aromatic carbocycles. The van der Waals surface area contributed by atoms with Gasteiger partial charge < -0.3 is 44.6 Å². The van der Waals surface area contributed by atoms with E-state index in [4.69, 9.17) is 24.2 Å². The Morgan fingerprint density at radius 2 is 0.831 bits per heavy atom. The van der Waals surface area contributed by atoms with Crippen LogP contribution >= 0.6 is 0 Å². The summed E-state index contributed by atoms with van der Waals surface area (Å²) in [5.74, 6) is -10.9. The normalized spacial score (nSPS) is 18.5. The number of benzene rings is 5. The maximum Gasteiger partial charge on any atom is 0.208 e. The molecule has 8 bridgehead atoms. The fourth-order valence-electron chi connectivity index (χ4n) is 9.08. The topological polar surface area (TPSA) is 166 Å². The van der Waals surface area contributed by atoms with E-state index in [1.165, 1.54) is 12.1 Å². The number of aliphatic hydroxyl groups is 4. The second-order valence-electron chi connectivity index (χ2n) is 17.0. The molecule has 0 saturated carbocycles. The fraction of sp³-hybridized carbons (Fsp3) is 0.107. The smallest absolute Gasteiger partial charge is 0.208 e. The third-order valence-corrected chi connectivity index (χ3v) is 12.6. The molecule has 15 heteroatoms. The number of hydrogen-bond acceptors (Lipinski definition) is 9. The Morgan fingerprint density at radius 3 is 1.30 bits per heavy atom. The largest absolute Gasteiger partial charge is 0.485 e. The maximum atomic E-state index is 15.6. The lowest BCUT2D eigenvalue weighted by Gasteiger charge is -2.38. The first kappa shape index (κ1) is 45.3. The Balaban J connectivity index is 1.05. The molecule has 0 amide bonds. The first-order valence-electron chi connectivity index (χ1n) is 22.5. The average Bonchev–Trinajstić information content (AvgIpc) is 4.26. The standard InChI is InChI=1S/C56H40F4N4O7/c57-47-49(59)55(50(60)48(58)54(47)69-28-42-51(65)52(66)53(67)56(68)71-42)70-33-18-16-32(17-19-33)46-40-26-24-38(63-40)44(30-12-6-2-7-13-30)36-22-20-34(61-36)43(29-10-4-1-5-11-29)35-21-23-37(62-35)45(31-14-8-3-9-15-31)39-25-27-41(46)64-39/h1-27,42,51-53,56,61-62,65-68H,28H2/t42-,51+,52+,53-,56?/m1/s1. The van der Waals surface area contributed by atoms with E-state index in [2.05, 4.69) is 34.2 Å². The molecule has 71 heavy (non-hydrogen) atoms.